The molecule has 3 aromatic rings. The molecule has 1 N–H and O–H groups in total. The third-order valence-corrected chi connectivity index (χ3v) is 5.94. The molecule has 35 heavy (non-hydrogen) atoms. The number of hydrogen-bond donors (Lipinski definition) is 1. The second-order valence-electron chi connectivity index (χ2n) is 8.09. The maximum atomic E-state index is 13.0. The minimum atomic E-state index is -0.467. The lowest BCUT2D eigenvalue weighted by molar-refractivity contribution is 0.0600. The average molecular weight is 474 g/mol. The molecule has 0 unspecified atom stereocenters. The standard InChI is InChI=1S/C26H27N5O4/c1-29(23-10-12-27-13-11-23)22-8-6-19(7-9-22)24(32)30-14-16-31(17-15-30)26(34)28-21-5-3-4-20(18-21)25(33)35-2/h3-13,18H,14-17H2,1-2H3,(H,28,34). The van der Waals surface area contributed by atoms with Gasteiger partial charge < -0.3 is 24.8 Å². The molecular formula is C26H27N5O4. The van der Waals surface area contributed by atoms with Crippen LogP contribution >= 0.6 is 0 Å². The first kappa shape index (κ1) is 23.7. The van der Waals surface area contributed by atoms with Crippen LogP contribution in [0, 0.1) is 0 Å². The number of benzene rings is 2. The van der Waals surface area contributed by atoms with E-state index in [1.54, 1.807) is 46.5 Å². The molecule has 0 aliphatic carbocycles. The van der Waals surface area contributed by atoms with Crippen LogP contribution in [-0.2, 0) is 4.74 Å². The number of pyridine rings is 1. The van der Waals surface area contributed by atoms with Crippen molar-refractivity contribution in [2.75, 3.05) is 50.6 Å². The van der Waals surface area contributed by atoms with Crippen LogP contribution in [0.4, 0.5) is 21.9 Å². The van der Waals surface area contributed by atoms with E-state index in [-0.39, 0.29) is 11.9 Å². The van der Waals surface area contributed by atoms with E-state index in [1.165, 1.54) is 7.11 Å². The highest BCUT2D eigenvalue weighted by molar-refractivity contribution is 5.96. The number of methoxy groups -OCH3 is 1. The molecule has 1 fully saturated rings. The summed E-state index contributed by atoms with van der Waals surface area (Å²) in [5, 5.41) is 2.80. The summed E-state index contributed by atoms with van der Waals surface area (Å²) in [5.41, 5.74) is 3.44. The number of esters is 1. The van der Waals surface area contributed by atoms with Crippen LogP contribution in [0.5, 0.6) is 0 Å². The second-order valence-corrected chi connectivity index (χ2v) is 8.09. The topological polar surface area (TPSA) is 95.1 Å². The molecule has 4 rings (SSSR count). The van der Waals surface area contributed by atoms with E-state index in [0.29, 0.717) is 43.0 Å². The van der Waals surface area contributed by atoms with E-state index < -0.39 is 5.97 Å². The maximum absolute atomic E-state index is 13.0. The van der Waals surface area contributed by atoms with Crippen molar-refractivity contribution in [2.45, 2.75) is 0 Å². The molecule has 1 aliphatic rings. The number of hydrogen-bond acceptors (Lipinski definition) is 6. The molecule has 0 saturated carbocycles. The number of amides is 3. The van der Waals surface area contributed by atoms with E-state index >= 15 is 0 Å². The van der Waals surface area contributed by atoms with Crippen LogP contribution in [-0.4, -0.2) is 73.0 Å². The van der Waals surface area contributed by atoms with E-state index in [2.05, 4.69) is 10.3 Å². The highest BCUT2D eigenvalue weighted by Crippen LogP contribution is 2.23. The molecule has 1 saturated heterocycles. The highest BCUT2D eigenvalue weighted by Gasteiger charge is 2.25. The van der Waals surface area contributed by atoms with E-state index in [0.717, 1.165) is 11.4 Å². The summed E-state index contributed by atoms with van der Waals surface area (Å²) in [6.45, 7) is 1.70. The number of carbonyl (C=O) groups excluding carboxylic acids is 3. The zero-order chi connectivity index (χ0) is 24.8. The molecule has 180 valence electrons. The lowest BCUT2D eigenvalue weighted by Crippen LogP contribution is -2.51. The van der Waals surface area contributed by atoms with Gasteiger partial charge in [-0.1, -0.05) is 6.07 Å². The lowest BCUT2D eigenvalue weighted by Gasteiger charge is -2.34. The van der Waals surface area contributed by atoms with Gasteiger partial charge in [-0.05, 0) is 54.6 Å². The van der Waals surface area contributed by atoms with E-state index in [1.807, 2.05) is 48.3 Å². The minimum absolute atomic E-state index is 0.0612. The zero-order valence-corrected chi connectivity index (χ0v) is 19.7. The molecule has 0 spiro atoms. The molecule has 2 heterocycles. The van der Waals surface area contributed by atoms with Gasteiger partial charge in [-0.15, -0.1) is 0 Å². The van der Waals surface area contributed by atoms with Gasteiger partial charge in [0.15, 0.2) is 0 Å². The van der Waals surface area contributed by atoms with Crippen molar-refractivity contribution in [1.29, 1.82) is 0 Å². The number of anilines is 3. The maximum Gasteiger partial charge on any atom is 0.337 e. The Labute approximate surface area is 203 Å². The van der Waals surface area contributed by atoms with Gasteiger partial charge in [0.25, 0.3) is 5.91 Å². The largest absolute Gasteiger partial charge is 0.465 e. The van der Waals surface area contributed by atoms with Gasteiger partial charge in [-0.2, -0.15) is 0 Å². The summed E-state index contributed by atoms with van der Waals surface area (Å²) in [6, 6.07) is 17.6. The fourth-order valence-corrected chi connectivity index (χ4v) is 3.88. The predicted molar refractivity (Wildman–Crippen MR) is 133 cm³/mol. The molecule has 0 atom stereocenters. The van der Waals surface area contributed by atoms with Crippen LogP contribution in [0.15, 0.2) is 73.1 Å². The van der Waals surface area contributed by atoms with Crippen molar-refractivity contribution in [3.8, 4) is 0 Å². The Kier molecular flexibility index (Phi) is 7.25. The van der Waals surface area contributed by atoms with Crippen molar-refractivity contribution in [3.05, 3.63) is 84.2 Å². The van der Waals surface area contributed by atoms with Crippen LogP contribution in [0.1, 0.15) is 20.7 Å². The zero-order valence-electron chi connectivity index (χ0n) is 19.7. The Bertz CT molecular complexity index is 1190. The quantitative estimate of drug-likeness (QED) is 0.569. The fraction of sp³-hybridized carbons (Fsp3) is 0.231. The number of ether oxygens (including phenoxy) is 1. The molecule has 0 radical (unpaired) electrons. The van der Waals surface area contributed by atoms with Crippen molar-refractivity contribution < 1.29 is 19.1 Å². The van der Waals surface area contributed by atoms with Gasteiger partial charge >= 0.3 is 12.0 Å². The van der Waals surface area contributed by atoms with Crippen molar-refractivity contribution in [3.63, 3.8) is 0 Å². The molecule has 9 nitrogen and oxygen atoms in total. The lowest BCUT2D eigenvalue weighted by atomic mass is 10.1. The Balaban J connectivity index is 1.31. The Morgan fingerprint density at radius 1 is 0.857 bits per heavy atom. The number of carbonyl (C=O) groups is 3. The van der Waals surface area contributed by atoms with E-state index in [4.69, 9.17) is 4.74 Å². The van der Waals surface area contributed by atoms with Crippen LogP contribution in [0.2, 0.25) is 0 Å². The first-order valence-corrected chi connectivity index (χ1v) is 11.2. The third-order valence-electron chi connectivity index (χ3n) is 5.94. The fourth-order valence-electron chi connectivity index (χ4n) is 3.88. The predicted octanol–water partition coefficient (Wildman–Crippen LogP) is 3.63. The number of nitrogens with zero attached hydrogens (tertiary/aromatic N) is 4. The van der Waals surface area contributed by atoms with Gasteiger partial charge in [0.05, 0.1) is 12.7 Å². The summed E-state index contributed by atoms with van der Waals surface area (Å²) in [5.74, 6) is -0.528. The number of rotatable bonds is 5. The monoisotopic (exact) mass is 473 g/mol. The molecule has 1 aromatic heterocycles. The molecule has 1 aliphatic heterocycles. The molecule has 0 bridgehead atoms. The van der Waals surface area contributed by atoms with Crippen molar-refractivity contribution >= 4 is 35.0 Å². The van der Waals surface area contributed by atoms with Gasteiger partial charge in [-0.25, -0.2) is 9.59 Å². The van der Waals surface area contributed by atoms with Gasteiger partial charge in [-0.3, -0.25) is 9.78 Å². The van der Waals surface area contributed by atoms with Crippen LogP contribution in [0.3, 0.4) is 0 Å². The smallest absolute Gasteiger partial charge is 0.337 e. The van der Waals surface area contributed by atoms with Crippen molar-refractivity contribution in [2.24, 2.45) is 0 Å². The van der Waals surface area contributed by atoms with Gasteiger partial charge in [0, 0.05) is 68.2 Å². The summed E-state index contributed by atoms with van der Waals surface area (Å²) in [6.07, 6.45) is 3.48. The SMILES string of the molecule is COC(=O)c1cccc(NC(=O)N2CCN(C(=O)c3ccc(N(C)c4ccncc4)cc3)CC2)c1. The van der Waals surface area contributed by atoms with Gasteiger partial charge in [0.2, 0.25) is 0 Å². The van der Waals surface area contributed by atoms with E-state index in [9.17, 15) is 14.4 Å². The first-order valence-electron chi connectivity index (χ1n) is 11.2. The first-order chi connectivity index (χ1) is 17.0. The van der Waals surface area contributed by atoms with Gasteiger partial charge in [0.1, 0.15) is 0 Å². The Morgan fingerprint density at radius 3 is 2.14 bits per heavy atom. The number of aromatic nitrogens is 1. The number of piperazine rings is 1. The Hall–Kier alpha value is -4.40. The normalized spacial score (nSPS) is 13.2. The summed E-state index contributed by atoms with van der Waals surface area (Å²) in [4.78, 5) is 46.8. The Morgan fingerprint density at radius 2 is 1.49 bits per heavy atom. The molecule has 9 heteroatoms. The average Bonchev–Trinajstić information content (AvgIpc) is 2.92. The molecule has 3 amide bonds. The summed E-state index contributed by atoms with van der Waals surface area (Å²) in [7, 11) is 3.27. The summed E-state index contributed by atoms with van der Waals surface area (Å²) < 4.78 is 4.72. The third kappa shape index (κ3) is 5.57. The van der Waals surface area contributed by atoms with Crippen LogP contribution in [0.25, 0.3) is 0 Å². The van der Waals surface area contributed by atoms with Crippen LogP contribution < -0.4 is 10.2 Å². The number of nitrogens with one attached hydrogen (secondary N) is 1. The minimum Gasteiger partial charge on any atom is -0.465 e. The molecular weight excluding hydrogens is 446 g/mol. The van der Waals surface area contributed by atoms with Crippen molar-refractivity contribution in [1.82, 2.24) is 14.8 Å². The molecule has 2 aromatic carbocycles. The summed E-state index contributed by atoms with van der Waals surface area (Å²) >= 11 is 0. The highest BCUT2D eigenvalue weighted by atomic mass is 16.5. The second kappa shape index (κ2) is 10.7. The number of urea groups is 1.